The molecular formula is C24H26N4O. The van der Waals surface area contributed by atoms with Crippen LogP contribution in [0.25, 0.3) is 11.4 Å². The molecule has 148 valence electrons. The SMILES string of the molecule is CCCNCc1nc(-c2ccc(C)cc2)nc2c1CC(=O)N2c1ccccc1C. The van der Waals surface area contributed by atoms with Gasteiger partial charge in [0.1, 0.15) is 5.82 Å². The topological polar surface area (TPSA) is 58.1 Å². The maximum absolute atomic E-state index is 13.0. The first kappa shape index (κ1) is 19.3. The number of hydrogen-bond donors (Lipinski definition) is 1. The highest BCUT2D eigenvalue weighted by molar-refractivity contribution is 6.07. The smallest absolute Gasteiger partial charge is 0.237 e. The molecule has 0 aliphatic carbocycles. The summed E-state index contributed by atoms with van der Waals surface area (Å²) in [4.78, 5) is 24.5. The van der Waals surface area contributed by atoms with E-state index in [1.54, 1.807) is 4.90 Å². The van der Waals surface area contributed by atoms with Crippen molar-refractivity contribution in [3.63, 3.8) is 0 Å². The number of carbonyl (C=O) groups excluding carboxylic acids is 1. The average Bonchev–Trinajstić information content (AvgIpc) is 3.05. The maximum atomic E-state index is 13.0. The number of para-hydroxylation sites is 1. The normalized spacial score (nSPS) is 13.1. The van der Waals surface area contributed by atoms with Crippen LogP contribution in [0.15, 0.2) is 48.5 Å². The van der Waals surface area contributed by atoms with Gasteiger partial charge in [0.2, 0.25) is 5.91 Å². The number of hydrogen-bond acceptors (Lipinski definition) is 4. The zero-order valence-corrected chi connectivity index (χ0v) is 17.2. The fourth-order valence-electron chi connectivity index (χ4n) is 3.66. The molecule has 2 heterocycles. The molecule has 0 radical (unpaired) electrons. The molecule has 2 aromatic carbocycles. The van der Waals surface area contributed by atoms with Crippen LogP contribution in [0.5, 0.6) is 0 Å². The molecule has 0 fully saturated rings. The van der Waals surface area contributed by atoms with Gasteiger partial charge in [-0.1, -0.05) is 55.0 Å². The van der Waals surface area contributed by atoms with E-state index in [-0.39, 0.29) is 5.91 Å². The third-order valence-corrected chi connectivity index (χ3v) is 5.25. The van der Waals surface area contributed by atoms with Gasteiger partial charge in [0.15, 0.2) is 5.82 Å². The number of anilines is 2. The number of amides is 1. The minimum atomic E-state index is 0.0430. The quantitative estimate of drug-likeness (QED) is 0.635. The number of nitrogens with zero attached hydrogens (tertiary/aromatic N) is 3. The Morgan fingerprint density at radius 3 is 2.52 bits per heavy atom. The molecule has 1 amide bonds. The molecule has 0 saturated carbocycles. The first-order valence-electron chi connectivity index (χ1n) is 10.1. The lowest BCUT2D eigenvalue weighted by molar-refractivity contribution is -0.116. The third-order valence-electron chi connectivity index (χ3n) is 5.25. The number of fused-ring (bicyclic) bond motifs is 1. The van der Waals surface area contributed by atoms with Crippen molar-refractivity contribution in [2.75, 3.05) is 11.4 Å². The summed E-state index contributed by atoms with van der Waals surface area (Å²) >= 11 is 0. The van der Waals surface area contributed by atoms with Crippen LogP contribution in [0.2, 0.25) is 0 Å². The summed E-state index contributed by atoms with van der Waals surface area (Å²) < 4.78 is 0. The molecule has 0 saturated heterocycles. The summed E-state index contributed by atoms with van der Waals surface area (Å²) in [5.41, 5.74) is 5.92. The van der Waals surface area contributed by atoms with Gasteiger partial charge in [-0.15, -0.1) is 0 Å². The summed E-state index contributed by atoms with van der Waals surface area (Å²) in [6, 6.07) is 16.1. The minimum absolute atomic E-state index is 0.0430. The first-order chi connectivity index (χ1) is 14.1. The van der Waals surface area contributed by atoms with Crippen LogP contribution in [-0.2, 0) is 17.8 Å². The molecule has 4 rings (SSSR count). The van der Waals surface area contributed by atoms with Crippen molar-refractivity contribution in [3.8, 4) is 11.4 Å². The predicted molar refractivity (Wildman–Crippen MR) is 116 cm³/mol. The Bertz CT molecular complexity index is 1040. The maximum Gasteiger partial charge on any atom is 0.237 e. The van der Waals surface area contributed by atoms with E-state index in [1.165, 1.54) is 5.56 Å². The average molecular weight is 386 g/mol. The molecule has 0 atom stereocenters. The van der Waals surface area contributed by atoms with Gasteiger partial charge in [0, 0.05) is 17.7 Å². The summed E-state index contributed by atoms with van der Waals surface area (Å²) in [6.07, 6.45) is 1.38. The molecular weight excluding hydrogens is 360 g/mol. The van der Waals surface area contributed by atoms with E-state index in [1.807, 2.05) is 43.3 Å². The minimum Gasteiger partial charge on any atom is -0.311 e. The highest BCUT2D eigenvalue weighted by atomic mass is 16.2. The molecule has 3 aromatic rings. The number of carbonyl (C=O) groups is 1. The fraction of sp³-hybridized carbons (Fsp3) is 0.292. The molecule has 5 heteroatoms. The van der Waals surface area contributed by atoms with Gasteiger partial charge in [0.05, 0.1) is 17.8 Å². The Morgan fingerprint density at radius 2 is 1.79 bits per heavy atom. The molecule has 1 aliphatic rings. The number of nitrogens with one attached hydrogen (secondary N) is 1. The van der Waals surface area contributed by atoms with Crippen molar-refractivity contribution < 1.29 is 4.79 Å². The van der Waals surface area contributed by atoms with Gasteiger partial charge in [-0.3, -0.25) is 9.69 Å². The number of benzene rings is 2. The first-order valence-corrected chi connectivity index (χ1v) is 10.1. The molecule has 1 aromatic heterocycles. The number of aryl methyl sites for hydroxylation is 2. The van der Waals surface area contributed by atoms with Crippen molar-refractivity contribution >= 4 is 17.4 Å². The van der Waals surface area contributed by atoms with E-state index in [0.29, 0.717) is 24.6 Å². The van der Waals surface area contributed by atoms with Crippen LogP contribution in [0.1, 0.15) is 35.7 Å². The Morgan fingerprint density at radius 1 is 1.03 bits per heavy atom. The highest BCUT2D eigenvalue weighted by Gasteiger charge is 2.34. The van der Waals surface area contributed by atoms with Crippen LogP contribution in [0.3, 0.4) is 0 Å². The van der Waals surface area contributed by atoms with Gasteiger partial charge < -0.3 is 5.32 Å². The van der Waals surface area contributed by atoms with E-state index in [2.05, 4.69) is 31.3 Å². The van der Waals surface area contributed by atoms with Gasteiger partial charge >= 0.3 is 0 Å². The summed E-state index contributed by atoms with van der Waals surface area (Å²) in [6.45, 7) is 7.76. The van der Waals surface area contributed by atoms with Crippen molar-refractivity contribution in [2.45, 2.75) is 40.2 Å². The van der Waals surface area contributed by atoms with Gasteiger partial charge in [-0.05, 0) is 38.4 Å². The Hall–Kier alpha value is -3.05. The Kier molecular flexibility index (Phi) is 5.41. The number of aromatic nitrogens is 2. The zero-order valence-electron chi connectivity index (χ0n) is 17.2. The Balaban J connectivity index is 1.84. The third kappa shape index (κ3) is 3.78. The number of rotatable bonds is 6. The summed E-state index contributed by atoms with van der Waals surface area (Å²) in [5, 5.41) is 3.43. The Labute approximate surface area is 171 Å². The van der Waals surface area contributed by atoms with E-state index in [0.717, 1.165) is 41.0 Å². The molecule has 0 spiro atoms. The van der Waals surface area contributed by atoms with Crippen molar-refractivity contribution in [1.82, 2.24) is 15.3 Å². The molecule has 1 N–H and O–H groups in total. The van der Waals surface area contributed by atoms with Crippen LogP contribution >= 0.6 is 0 Å². The van der Waals surface area contributed by atoms with Gasteiger partial charge in [-0.25, -0.2) is 9.97 Å². The highest BCUT2D eigenvalue weighted by Crippen LogP contribution is 2.38. The standard InChI is InChI=1S/C24H26N4O/c1-4-13-25-15-20-19-14-22(29)28(21-8-6-5-7-17(21)3)24(19)27-23(26-20)18-11-9-16(2)10-12-18/h5-12,25H,4,13-15H2,1-3H3. The van der Waals surface area contributed by atoms with Crippen molar-refractivity contribution in [2.24, 2.45) is 0 Å². The second-order valence-corrected chi connectivity index (χ2v) is 7.53. The lowest BCUT2D eigenvalue weighted by Gasteiger charge is -2.20. The van der Waals surface area contributed by atoms with E-state index < -0.39 is 0 Å². The van der Waals surface area contributed by atoms with Crippen LogP contribution < -0.4 is 10.2 Å². The molecule has 0 bridgehead atoms. The monoisotopic (exact) mass is 386 g/mol. The fourth-order valence-corrected chi connectivity index (χ4v) is 3.66. The van der Waals surface area contributed by atoms with Crippen LogP contribution in [0.4, 0.5) is 11.5 Å². The predicted octanol–water partition coefficient (Wildman–Crippen LogP) is 4.48. The molecule has 0 unspecified atom stereocenters. The van der Waals surface area contributed by atoms with Crippen LogP contribution in [0, 0.1) is 13.8 Å². The lowest BCUT2D eigenvalue weighted by atomic mass is 10.1. The second-order valence-electron chi connectivity index (χ2n) is 7.53. The summed E-state index contributed by atoms with van der Waals surface area (Å²) in [7, 11) is 0. The molecule has 5 nitrogen and oxygen atoms in total. The summed E-state index contributed by atoms with van der Waals surface area (Å²) in [5.74, 6) is 1.41. The molecule has 29 heavy (non-hydrogen) atoms. The van der Waals surface area contributed by atoms with Gasteiger partial charge in [-0.2, -0.15) is 0 Å². The van der Waals surface area contributed by atoms with E-state index >= 15 is 0 Å². The van der Waals surface area contributed by atoms with Crippen molar-refractivity contribution in [1.29, 1.82) is 0 Å². The van der Waals surface area contributed by atoms with Gasteiger partial charge in [0.25, 0.3) is 0 Å². The van der Waals surface area contributed by atoms with Crippen LogP contribution in [-0.4, -0.2) is 22.4 Å². The van der Waals surface area contributed by atoms with E-state index in [4.69, 9.17) is 9.97 Å². The van der Waals surface area contributed by atoms with E-state index in [9.17, 15) is 4.79 Å². The second kappa shape index (κ2) is 8.13. The molecule has 1 aliphatic heterocycles. The lowest BCUT2D eigenvalue weighted by Crippen LogP contribution is -2.22. The largest absolute Gasteiger partial charge is 0.311 e. The zero-order chi connectivity index (χ0) is 20.4. The van der Waals surface area contributed by atoms with Crippen molar-refractivity contribution in [3.05, 3.63) is 70.9 Å².